The van der Waals surface area contributed by atoms with Crippen LogP contribution in [0.15, 0.2) is 103 Å². The topological polar surface area (TPSA) is 79.9 Å². The minimum absolute atomic E-state index is 0.249. The lowest BCUT2D eigenvalue weighted by atomic mass is 10.0. The standard InChI is InChI=1S/C34H34FN3O4/c1-41-30-14-8-13-27(20-30)33(39)37-32(25-11-6-3-7-12-25)34(40)36-29(23-42-22-24-9-4-2-5-10-24)21-38-18-17-26-19-28(35)15-16-31(26)38/h2-16,19-20,29,32H,17-18,21-23H2,1H3,(H,36,40)(H,37,39)/t29-,32?/m1/s1. The largest absolute Gasteiger partial charge is 0.497 e. The number of carbonyl (C=O) groups excluding carboxylic acids is 2. The number of methoxy groups -OCH3 is 1. The van der Waals surface area contributed by atoms with E-state index >= 15 is 0 Å². The number of nitrogens with one attached hydrogen (secondary N) is 2. The van der Waals surface area contributed by atoms with Gasteiger partial charge in [-0.1, -0.05) is 66.7 Å². The van der Waals surface area contributed by atoms with Crippen molar-refractivity contribution < 1.29 is 23.5 Å². The number of anilines is 1. The van der Waals surface area contributed by atoms with Crippen molar-refractivity contribution in [2.24, 2.45) is 0 Å². The highest BCUT2D eigenvalue weighted by Gasteiger charge is 2.28. The van der Waals surface area contributed by atoms with Gasteiger partial charge in [-0.3, -0.25) is 9.59 Å². The van der Waals surface area contributed by atoms with Gasteiger partial charge in [0.05, 0.1) is 26.4 Å². The summed E-state index contributed by atoms with van der Waals surface area (Å²) in [5.74, 6) is -0.469. The summed E-state index contributed by atoms with van der Waals surface area (Å²) >= 11 is 0. The summed E-state index contributed by atoms with van der Waals surface area (Å²) < 4.78 is 25.2. The maximum atomic E-state index is 13.9. The summed E-state index contributed by atoms with van der Waals surface area (Å²) in [5.41, 5.74) is 3.95. The highest BCUT2D eigenvalue weighted by Crippen LogP contribution is 2.28. The Bertz CT molecular complexity index is 1500. The molecule has 5 rings (SSSR count). The van der Waals surface area contributed by atoms with Crippen molar-refractivity contribution >= 4 is 17.5 Å². The Morgan fingerprint density at radius 1 is 0.905 bits per heavy atom. The molecule has 4 aromatic carbocycles. The number of carbonyl (C=O) groups is 2. The van der Waals surface area contributed by atoms with Gasteiger partial charge in [0.25, 0.3) is 5.91 Å². The van der Waals surface area contributed by atoms with Crippen molar-refractivity contribution in [2.75, 3.05) is 31.7 Å². The van der Waals surface area contributed by atoms with E-state index in [1.165, 1.54) is 13.2 Å². The molecule has 4 aromatic rings. The van der Waals surface area contributed by atoms with Gasteiger partial charge < -0.3 is 25.0 Å². The van der Waals surface area contributed by atoms with E-state index in [9.17, 15) is 14.0 Å². The van der Waals surface area contributed by atoms with Crippen LogP contribution >= 0.6 is 0 Å². The molecule has 0 aromatic heterocycles. The molecule has 8 heteroatoms. The molecule has 0 saturated carbocycles. The smallest absolute Gasteiger partial charge is 0.252 e. The third-order valence-electron chi connectivity index (χ3n) is 7.25. The summed E-state index contributed by atoms with van der Waals surface area (Å²) in [7, 11) is 1.53. The van der Waals surface area contributed by atoms with Gasteiger partial charge in [0.1, 0.15) is 17.6 Å². The van der Waals surface area contributed by atoms with E-state index in [0.717, 1.165) is 23.2 Å². The fourth-order valence-corrected chi connectivity index (χ4v) is 5.14. The molecule has 2 amide bonds. The molecule has 0 radical (unpaired) electrons. The van der Waals surface area contributed by atoms with E-state index in [-0.39, 0.29) is 18.3 Å². The summed E-state index contributed by atoms with van der Waals surface area (Å²) in [6, 6.07) is 29.2. The van der Waals surface area contributed by atoms with Crippen LogP contribution in [-0.4, -0.2) is 44.7 Å². The summed E-state index contributed by atoms with van der Waals surface area (Å²) in [6.07, 6.45) is 0.724. The van der Waals surface area contributed by atoms with Crippen LogP contribution in [0, 0.1) is 5.82 Å². The second-order valence-corrected chi connectivity index (χ2v) is 10.2. The highest BCUT2D eigenvalue weighted by atomic mass is 19.1. The van der Waals surface area contributed by atoms with Crippen molar-refractivity contribution in [3.05, 3.63) is 131 Å². The van der Waals surface area contributed by atoms with E-state index in [2.05, 4.69) is 15.5 Å². The molecule has 0 fully saturated rings. The Hall–Kier alpha value is -4.69. The zero-order valence-electron chi connectivity index (χ0n) is 23.5. The van der Waals surface area contributed by atoms with Crippen LogP contribution in [0.5, 0.6) is 5.75 Å². The van der Waals surface area contributed by atoms with E-state index < -0.39 is 18.0 Å². The first-order chi connectivity index (χ1) is 20.5. The molecule has 1 heterocycles. The van der Waals surface area contributed by atoms with Crippen LogP contribution < -0.4 is 20.3 Å². The lowest BCUT2D eigenvalue weighted by Crippen LogP contribution is -2.50. The van der Waals surface area contributed by atoms with Crippen molar-refractivity contribution in [3.8, 4) is 5.75 Å². The Labute approximate surface area is 245 Å². The summed E-state index contributed by atoms with van der Waals surface area (Å²) in [5, 5.41) is 6.03. The molecule has 2 N–H and O–H groups in total. The Balaban J connectivity index is 1.34. The van der Waals surface area contributed by atoms with Gasteiger partial charge in [-0.05, 0) is 59.5 Å². The number of ether oxygens (including phenoxy) is 2. The predicted octanol–water partition coefficient (Wildman–Crippen LogP) is 5.07. The molecular weight excluding hydrogens is 533 g/mol. The van der Waals surface area contributed by atoms with E-state index in [1.807, 2.05) is 60.7 Å². The first kappa shape index (κ1) is 28.8. The maximum Gasteiger partial charge on any atom is 0.252 e. The van der Waals surface area contributed by atoms with Crippen molar-refractivity contribution in [2.45, 2.75) is 25.1 Å². The quantitative estimate of drug-likeness (QED) is 0.250. The monoisotopic (exact) mass is 567 g/mol. The molecule has 2 atom stereocenters. The van der Waals surface area contributed by atoms with Gasteiger partial charge >= 0.3 is 0 Å². The minimum atomic E-state index is -0.943. The minimum Gasteiger partial charge on any atom is -0.497 e. The van der Waals surface area contributed by atoms with Crippen LogP contribution in [0.25, 0.3) is 0 Å². The van der Waals surface area contributed by atoms with Crippen LogP contribution in [-0.2, 0) is 22.6 Å². The van der Waals surface area contributed by atoms with E-state index in [4.69, 9.17) is 9.47 Å². The molecular formula is C34H34FN3O4. The number of amides is 2. The molecule has 0 saturated heterocycles. The van der Waals surface area contributed by atoms with Gasteiger partial charge in [-0.15, -0.1) is 0 Å². The van der Waals surface area contributed by atoms with Gasteiger partial charge in [0.2, 0.25) is 5.91 Å². The average Bonchev–Trinajstić information content (AvgIpc) is 3.41. The van der Waals surface area contributed by atoms with Crippen LogP contribution in [0.2, 0.25) is 0 Å². The SMILES string of the molecule is COc1cccc(C(=O)NC(C(=O)N[C@@H](COCc2ccccc2)CN2CCc3cc(F)ccc32)c2ccccc2)c1. The number of rotatable bonds is 12. The zero-order chi connectivity index (χ0) is 29.3. The number of nitrogens with zero attached hydrogens (tertiary/aromatic N) is 1. The number of fused-ring (bicyclic) bond motifs is 1. The van der Waals surface area contributed by atoms with Crippen molar-refractivity contribution in [1.29, 1.82) is 0 Å². The normalized spacial score (nSPS) is 13.6. The molecule has 0 aliphatic carbocycles. The van der Waals surface area contributed by atoms with Gasteiger partial charge in [-0.2, -0.15) is 0 Å². The Morgan fingerprint density at radius 2 is 1.67 bits per heavy atom. The molecule has 0 bridgehead atoms. The number of hydrogen-bond donors (Lipinski definition) is 2. The van der Waals surface area contributed by atoms with Gasteiger partial charge in [-0.25, -0.2) is 4.39 Å². The average molecular weight is 568 g/mol. The first-order valence-corrected chi connectivity index (χ1v) is 14.0. The van der Waals surface area contributed by atoms with E-state index in [1.54, 1.807) is 36.4 Å². The van der Waals surface area contributed by atoms with E-state index in [0.29, 0.717) is 36.6 Å². The summed E-state index contributed by atoms with van der Waals surface area (Å²) in [4.78, 5) is 29.3. The Morgan fingerprint density at radius 3 is 2.43 bits per heavy atom. The maximum absolute atomic E-state index is 13.9. The summed E-state index contributed by atoms with van der Waals surface area (Å²) in [6.45, 7) is 1.81. The molecule has 216 valence electrons. The van der Waals surface area contributed by atoms with Crippen LogP contribution in [0.4, 0.5) is 10.1 Å². The lowest BCUT2D eigenvalue weighted by Gasteiger charge is -2.29. The molecule has 0 spiro atoms. The van der Waals surface area contributed by atoms with Gasteiger partial charge in [0.15, 0.2) is 0 Å². The third-order valence-corrected chi connectivity index (χ3v) is 7.25. The molecule has 7 nitrogen and oxygen atoms in total. The second kappa shape index (κ2) is 13.8. The molecule has 1 aliphatic heterocycles. The molecule has 42 heavy (non-hydrogen) atoms. The number of benzene rings is 4. The lowest BCUT2D eigenvalue weighted by molar-refractivity contribution is -0.124. The fraction of sp³-hybridized carbons (Fsp3) is 0.235. The second-order valence-electron chi connectivity index (χ2n) is 10.2. The fourth-order valence-electron chi connectivity index (χ4n) is 5.14. The molecule has 1 unspecified atom stereocenters. The number of hydrogen-bond acceptors (Lipinski definition) is 5. The number of halogens is 1. The van der Waals surface area contributed by atoms with Crippen LogP contribution in [0.1, 0.15) is 33.1 Å². The van der Waals surface area contributed by atoms with Crippen molar-refractivity contribution in [1.82, 2.24) is 10.6 Å². The van der Waals surface area contributed by atoms with Crippen LogP contribution in [0.3, 0.4) is 0 Å². The molecule has 1 aliphatic rings. The predicted molar refractivity (Wildman–Crippen MR) is 160 cm³/mol. The van der Waals surface area contributed by atoms with Gasteiger partial charge in [0, 0.05) is 24.3 Å². The van der Waals surface area contributed by atoms with Crippen molar-refractivity contribution in [3.63, 3.8) is 0 Å². The first-order valence-electron chi connectivity index (χ1n) is 14.0. The Kier molecular flexibility index (Phi) is 9.46. The third kappa shape index (κ3) is 7.33. The zero-order valence-corrected chi connectivity index (χ0v) is 23.5. The highest BCUT2D eigenvalue weighted by molar-refractivity contribution is 5.98.